The molecule has 27 heavy (non-hydrogen) atoms. The van der Waals surface area contributed by atoms with Gasteiger partial charge in [0.2, 0.25) is 0 Å². The summed E-state index contributed by atoms with van der Waals surface area (Å²) < 4.78 is 5.76. The number of benzene rings is 1. The molecule has 0 aliphatic carbocycles. The maximum atomic E-state index is 5.76. The topological polar surface area (TPSA) is 48.9 Å². The van der Waals surface area contributed by atoms with Crippen molar-refractivity contribution in [2.45, 2.75) is 38.1 Å². The van der Waals surface area contributed by atoms with Crippen LogP contribution in [0.15, 0.2) is 41.4 Å². The third-order valence-electron chi connectivity index (χ3n) is 5.24. The largest absolute Gasteiger partial charge is 0.493 e. The number of piperidine rings is 1. The first kappa shape index (κ1) is 22.0. The van der Waals surface area contributed by atoms with Gasteiger partial charge in [0.05, 0.1) is 6.61 Å². The summed E-state index contributed by atoms with van der Waals surface area (Å²) in [6.45, 7) is 11.0. The van der Waals surface area contributed by atoms with E-state index in [4.69, 9.17) is 4.74 Å². The SMILES string of the molecule is C=C(C)CN1CCC(NC(=NC)NCC2CCOc3ccccc32)CC1.I. The molecule has 2 N–H and O–H groups in total. The predicted octanol–water partition coefficient (Wildman–Crippen LogP) is 3.38. The van der Waals surface area contributed by atoms with E-state index in [9.17, 15) is 0 Å². The Hall–Kier alpha value is -1.28. The molecule has 3 rings (SSSR count). The van der Waals surface area contributed by atoms with Crippen LogP contribution in [0.5, 0.6) is 5.75 Å². The lowest BCUT2D eigenvalue weighted by molar-refractivity contribution is 0.221. The van der Waals surface area contributed by atoms with Crippen LogP contribution in [0, 0.1) is 0 Å². The Kier molecular flexibility index (Phi) is 8.89. The van der Waals surface area contributed by atoms with Gasteiger partial charge >= 0.3 is 0 Å². The van der Waals surface area contributed by atoms with Gasteiger partial charge in [-0.25, -0.2) is 0 Å². The number of hydrogen-bond donors (Lipinski definition) is 2. The first-order valence-electron chi connectivity index (χ1n) is 9.71. The highest BCUT2D eigenvalue weighted by Gasteiger charge is 2.23. The van der Waals surface area contributed by atoms with E-state index in [0.717, 1.165) is 63.8 Å². The number of rotatable bonds is 5. The summed E-state index contributed by atoms with van der Waals surface area (Å²) in [4.78, 5) is 6.91. The number of aliphatic imine (C=N–C) groups is 1. The lowest BCUT2D eigenvalue weighted by atomic mass is 9.93. The molecule has 2 aliphatic heterocycles. The summed E-state index contributed by atoms with van der Waals surface area (Å²) in [6, 6.07) is 8.85. The van der Waals surface area contributed by atoms with Gasteiger partial charge < -0.3 is 15.4 Å². The zero-order chi connectivity index (χ0) is 18.4. The van der Waals surface area contributed by atoms with Gasteiger partial charge in [0.15, 0.2) is 5.96 Å². The molecule has 0 amide bonds. The lowest BCUT2D eigenvalue weighted by Crippen LogP contribution is -2.49. The van der Waals surface area contributed by atoms with Crippen molar-refractivity contribution < 1.29 is 4.74 Å². The van der Waals surface area contributed by atoms with Crippen LogP contribution in [0.4, 0.5) is 0 Å². The van der Waals surface area contributed by atoms with Gasteiger partial charge in [-0.15, -0.1) is 24.0 Å². The molecule has 1 fully saturated rings. The van der Waals surface area contributed by atoms with E-state index in [1.54, 1.807) is 0 Å². The molecule has 1 unspecified atom stereocenters. The number of nitrogens with zero attached hydrogens (tertiary/aromatic N) is 2. The van der Waals surface area contributed by atoms with Gasteiger partial charge in [0.1, 0.15) is 5.75 Å². The first-order valence-corrected chi connectivity index (χ1v) is 9.71. The highest BCUT2D eigenvalue weighted by molar-refractivity contribution is 14.0. The van der Waals surface area contributed by atoms with Crippen molar-refractivity contribution in [2.75, 3.05) is 39.8 Å². The zero-order valence-corrected chi connectivity index (χ0v) is 18.9. The van der Waals surface area contributed by atoms with E-state index in [2.05, 4.69) is 52.2 Å². The molecule has 5 nitrogen and oxygen atoms in total. The maximum absolute atomic E-state index is 5.76. The molecule has 1 aromatic carbocycles. The van der Waals surface area contributed by atoms with E-state index >= 15 is 0 Å². The molecular formula is C21H33IN4O. The van der Waals surface area contributed by atoms with Crippen molar-refractivity contribution in [3.05, 3.63) is 42.0 Å². The lowest BCUT2D eigenvalue weighted by Gasteiger charge is -2.33. The third kappa shape index (κ3) is 6.38. The van der Waals surface area contributed by atoms with Gasteiger partial charge in [-0.3, -0.25) is 9.89 Å². The summed E-state index contributed by atoms with van der Waals surface area (Å²) in [7, 11) is 1.85. The number of para-hydroxylation sites is 1. The molecule has 2 heterocycles. The number of ether oxygens (including phenoxy) is 1. The van der Waals surface area contributed by atoms with Crippen LogP contribution in [0.1, 0.15) is 37.7 Å². The van der Waals surface area contributed by atoms with Crippen LogP contribution in [0.2, 0.25) is 0 Å². The number of nitrogens with one attached hydrogen (secondary N) is 2. The fourth-order valence-electron chi connectivity index (χ4n) is 3.85. The maximum Gasteiger partial charge on any atom is 0.191 e. The summed E-state index contributed by atoms with van der Waals surface area (Å²) >= 11 is 0. The van der Waals surface area contributed by atoms with Gasteiger partial charge in [0.25, 0.3) is 0 Å². The minimum atomic E-state index is 0. The average molecular weight is 484 g/mol. The van der Waals surface area contributed by atoms with E-state index in [1.165, 1.54) is 11.1 Å². The van der Waals surface area contributed by atoms with Gasteiger partial charge in [-0.1, -0.05) is 30.4 Å². The molecule has 1 aromatic rings. The number of hydrogen-bond acceptors (Lipinski definition) is 3. The van der Waals surface area contributed by atoms with E-state index in [-0.39, 0.29) is 24.0 Å². The molecule has 6 heteroatoms. The number of likely N-dealkylation sites (tertiary alicyclic amines) is 1. The smallest absolute Gasteiger partial charge is 0.191 e. The molecule has 150 valence electrons. The van der Waals surface area contributed by atoms with Crippen LogP contribution >= 0.6 is 24.0 Å². The molecule has 0 radical (unpaired) electrons. The van der Waals surface area contributed by atoms with Crippen molar-refractivity contribution in [1.29, 1.82) is 0 Å². The van der Waals surface area contributed by atoms with Crippen LogP contribution < -0.4 is 15.4 Å². The molecule has 2 aliphatic rings. The van der Waals surface area contributed by atoms with Crippen LogP contribution in [0.3, 0.4) is 0 Å². The fraction of sp³-hybridized carbons (Fsp3) is 0.571. The Morgan fingerprint density at radius 2 is 2.00 bits per heavy atom. The highest BCUT2D eigenvalue weighted by Crippen LogP contribution is 2.32. The summed E-state index contributed by atoms with van der Waals surface area (Å²) in [5, 5.41) is 7.13. The van der Waals surface area contributed by atoms with Crippen molar-refractivity contribution in [2.24, 2.45) is 4.99 Å². The molecule has 0 saturated carbocycles. The van der Waals surface area contributed by atoms with Crippen molar-refractivity contribution in [1.82, 2.24) is 15.5 Å². The Bertz CT molecular complexity index is 641. The highest BCUT2D eigenvalue weighted by atomic mass is 127. The number of halogens is 1. The molecule has 0 spiro atoms. The van der Waals surface area contributed by atoms with E-state index in [0.29, 0.717) is 12.0 Å². The summed E-state index contributed by atoms with van der Waals surface area (Å²) in [6.07, 6.45) is 3.34. The van der Waals surface area contributed by atoms with Gasteiger partial charge in [-0.05, 0) is 37.8 Å². The first-order chi connectivity index (χ1) is 12.7. The quantitative estimate of drug-likeness (QED) is 0.291. The second-order valence-electron chi connectivity index (χ2n) is 7.48. The minimum absolute atomic E-state index is 0. The standard InChI is InChI=1S/C21H32N4O.HI/c1-16(2)15-25-11-8-18(9-12-25)24-21(22-3)23-14-17-10-13-26-20-7-5-4-6-19(17)20;/h4-7,17-18H,1,8-15H2,2-3H3,(H2,22,23,24);1H. The van der Waals surface area contributed by atoms with E-state index < -0.39 is 0 Å². The summed E-state index contributed by atoms with van der Waals surface area (Å²) in [5.74, 6) is 2.40. The van der Waals surface area contributed by atoms with Gasteiger partial charge in [0, 0.05) is 45.2 Å². The fourth-order valence-corrected chi connectivity index (χ4v) is 3.85. The van der Waals surface area contributed by atoms with Gasteiger partial charge in [-0.2, -0.15) is 0 Å². The van der Waals surface area contributed by atoms with Crippen LogP contribution in [-0.4, -0.2) is 56.7 Å². The predicted molar refractivity (Wildman–Crippen MR) is 123 cm³/mol. The second-order valence-corrected chi connectivity index (χ2v) is 7.48. The Balaban J connectivity index is 0.00000261. The average Bonchev–Trinajstić information content (AvgIpc) is 2.66. The number of fused-ring (bicyclic) bond motifs is 1. The van der Waals surface area contributed by atoms with Crippen molar-refractivity contribution in [3.63, 3.8) is 0 Å². The molecule has 1 saturated heterocycles. The third-order valence-corrected chi connectivity index (χ3v) is 5.24. The normalized spacial score (nSPS) is 20.8. The van der Waals surface area contributed by atoms with Crippen molar-refractivity contribution >= 4 is 29.9 Å². The monoisotopic (exact) mass is 484 g/mol. The number of guanidine groups is 1. The molecular weight excluding hydrogens is 451 g/mol. The second kappa shape index (κ2) is 10.9. The van der Waals surface area contributed by atoms with Crippen LogP contribution in [0.25, 0.3) is 0 Å². The summed E-state index contributed by atoms with van der Waals surface area (Å²) in [5.41, 5.74) is 2.54. The van der Waals surface area contributed by atoms with E-state index in [1.807, 2.05) is 13.1 Å². The Morgan fingerprint density at radius 1 is 1.26 bits per heavy atom. The minimum Gasteiger partial charge on any atom is -0.493 e. The molecule has 0 aromatic heterocycles. The molecule has 0 bridgehead atoms. The zero-order valence-electron chi connectivity index (χ0n) is 16.5. The van der Waals surface area contributed by atoms with Crippen LogP contribution in [-0.2, 0) is 0 Å². The Labute approximate surface area is 180 Å². The van der Waals surface area contributed by atoms with Crippen molar-refractivity contribution in [3.8, 4) is 5.75 Å². The Morgan fingerprint density at radius 3 is 2.70 bits per heavy atom. The molecule has 1 atom stereocenters.